The van der Waals surface area contributed by atoms with Crippen LogP contribution in [-0.4, -0.2) is 17.0 Å². The molecule has 2 rings (SSSR count). The molecule has 1 N–H and O–H groups in total. The molecule has 0 fully saturated rings. The third-order valence-electron chi connectivity index (χ3n) is 3.40. The molecule has 2 atom stereocenters. The molecule has 112 valence electrons. The Morgan fingerprint density at radius 1 is 1.38 bits per heavy atom. The summed E-state index contributed by atoms with van der Waals surface area (Å²) >= 11 is 1.39. The van der Waals surface area contributed by atoms with Gasteiger partial charge in [-0.15, -0.1) is 11.3 Å². The van der Waals surface area contributed by atoms with E-state index in [4.69, 9.17) is 4.74 Å². The summed E-state index contributed by atoms with van der Waals surface area (Å²) in [6.07, 6.45) is 2.11. The zero-order chi connectivity index (χ0) is 15.2. The highest BCUT2D eigenvalue weighted by atomic mass is 32.1. The lowest BCUT2D eigenvalue weighted by molar-refractivity contribution is -0.122. The fourth-order valence-electron chi connectivity index (χ4n) is 1.95. The summed E-state index contributed by atoms with van der Waals surface area (Å²) in [5, 5.41) is 5.16. The van der Waals surface area contributed by atoms with Crippen LogP contribution in [0.3, 0.4) is 0 Å². The number of aromatic nitrogens is 1. The van der Waals surface area contributed by atoms with E-state index in [2.05, 4.69) is 30.2 Å². The van der Waals surface area contributed by atoms with Crippen LogP contribution >= 0.6 is 11.3 Å². The van der Waals surface area contributed by atoms with Gasteiger partial charge in [-0.25, -0.2) is 4.98 Å². The Bertz CT molecular complexity index is 584. The molecule has 5 heteroatoms. The van der Waals surface area contributed by atoms with Gasteiger partial charge in [0, 0.05) is 11.6 Å². The van der Waals surface area contributed by atoms with Crippen molar-refractivity contribution in [1.82, 2.24) is 4.98 Å². The fourth-order valence-corrected chi connectivity index (χ4v) is 2.48. The van der Waals surface area contributed by atoms with E-state index in [9.17, 15) is 4.79 Å². The predicted molar refractivity (Wildman–Crippen MR) is 86.0 cm³/mol. The summed E-state index contributed by atoms with van der Waals surface area (Å²) in [4.78, 5) is 16.1. The van der Waals surface area contributed by atoms with E-state index >= 15 is 0 Å². The lowest BCUT2D eigenvalue weighted by Crippen LogP contribution is -2.30. The first-order chi connectivity index (χ1) is 10.1. The van der Waals surface area contributed by atoms with Gasteiger partial charge in [-0.2, -0.15) is 0 Å². The van der Waals surface area contributed by atoms with E-state index in [-0.39, 0.29) is 5.91 Å². The summed E-state index contributed by atoms with van der Waals surface area (Å²) in [7, 11) is 0. The van der Waals surface area contributed by atoms with Crippen LogP contribution in [0.2, 0.25) is 0 Å². The van der Waals surface area contributed by atoms with Gasteiger partial charge in [-0.1, -0.05) is 32.0 Å². The van der Waals surface area contributed by atoms with Crippen LogP contribution in [-0.2, 0) is 4.79 Å². The maximum absolute atomic E-state index is 12.1. The highest BCUT2D eigenvalue weighted by Crippen LogP contribution is 2.29. The highest BCUT2D eigenvalue weighted by Gasteiger charge is 2.18. The number of para-hydroxylation sites is 1. The van der Waals surface area contributed by atoms with Gasteiger partial charge in [0.15, 0.2) is 11.2 Å². The molecule has 1 heterocycles. The number of anilines is 1. The van der Waals surface area contributed by atoms with Crippen molar-refractivity contribution in [2.75, 3.05) is 5.32 Å². The first-order valence-electron chi connectivity index (χ1n) is 7.07. The standard InChI is InChI=1S/C16H20N2O2S/c1-4-11(2)13-7-5-6-8-14(13)20-12(3)15(19)18-16-17-9-10-21-16/h5-12H,4H2,1-3H3,(H,17,18,19)/t11-,12+/m0/s1. The van der Waals surface area contributed by atoms with Gasteiger partial charge in [0.2, 0.25) is 0 Å². The lowest BCUT2D eigenvalue weighted by atomic mass is 9.98. The molecule has 0 bridgehead atoms. The quantitative estimate of drug-likeness (QED) is 0.875. The van der Waals surface area contributed by atoms with Crippen LogP contribution in [0.15, 0.2) is 35.8 Å². The second kappa shape index (κ2) is 7.22. The van der Waals surface area contributed by atoms with Crippen LogP contribution in [0, 0.1) is 0 Å². The molecule has 1 aromatic carbocycles. The Labute approximate surface area is 129 Å². The first kappa shape index (κ1) is 15.5. The summed E-state index contributed by atoms with van der Waals surface area (Å²) < 4.78 is 5.84. The van der Waals surface area contributed by atoms with E-state index in [0.717, 1.165) is 17.7 Å². The molecule has 0 aliphatic rings. The average molecular weight is 304 g/mol. The van der Waals surface area contributed by atoms with Crippen LogP contribution in [0.25, 0.3) is 0 Å². The van der Waals surface area contributed by atoms with Gasteiger partial charge < -0.3 is 4.74 Å². The molecule has 21 heavy (non-hydrogen) atoms. The summed E-state index contributed by atoms with van der Waals surface area (Å²) in [6, 6.07) is 7.88. The number of carbonyl (C=O) groups excluding carboxylic acids is 1. The predicted octanol–water partition coefficient (Wildman–Crippen LogP) is 4.06. The molecule has 0 spiro atoms. The second-order valence-corrected chi connectivity index (χ2v) is 5.83. The number of hydrogen-bond acceptors (Lipinski definition) is 4. The number of nitrogens with zero attached hydrogens (tertiary/aromatic N) is 1. The van der Waals surface area contributed by atoms with Gasteiger partial charge in [-0.3, -0.25) is 10.1 Å². The van der Waals surface area contributed by atoms with E-state index in [1.807, 2.05) is 23.6 Å². The molecule has 0 aliphatic carbocycles. The molecular weight excluding hydrogens is 284 g/mol. The van der Waals surface area contributed by atoms with E-state index in [0.29, 0.717) is 11.0 Å². The number of carbonyl (C=O) groups is 1. The topological polar surface area (TPSA) is 51.2 Å². The molecular formula is C16H20N2O2S. The van der Waals surface area contributed by atoms with Crippen molar-refractivity contribution in [3.05, 3.63) is 41.4 Å². The van der Waals surface area contributed by atoms with Crippen molar-refractivity contribution in [3.8, 4) is 5.75 Å². The highest BCUT2D eigenvalue weighted by molar-refractivity contribution is 7.13. The van der Waals surface area contributed by atoms with Crippen LogP contribution in [0.5, 0.6) is 5.75 Å². The first-order valence-corrected chi connectivity index (χ1v) is 7.95. The van der Waals surface area contributed by atoms with E-state index < -0.39 is 6.10 Å². The van der Waals surface area contributed by atoms with Crippen molar-refractivity contribution in [2.24, 2.45) is 0 Å². The molecule has 0 saturated carbocycles. The number of thiazole rings is 1. The smallest absolute Gasteiger partial charge is 0.266 e. The number of ether oxygens (including phenoxy) is 1. The van der Waals surface area contributed by atoms with Crippen molar-refractivity contribution in [3.63, 3.8) is 0 Å². The van der Waals surface area contributed by atoms with Crippen molar-refractivity contribution in [1.29, 1.82) is 0 Å². The van der Waals surface area contributed by atoms with Crippen molar-refractivity contribution in [2.45, 2.75) is 39.2 Å². The second-order valence-electron chi connectivity index (χ2n) is 4.93. The maximum atomic E-state index is 12.1. The van der Waals surface area contributed by atoms with Crippen LogP contribution in [0.4, 0.5) is 5.13 Å². The number of nitrogens with one attached hydrogen (secondary N) is 1. The minimum atomic E-state index is -0.570. The van der Waals surface area contributed by atoms with Crippen molar-refractivity contribution < 1.29 is 9.53 Å². The third-order valence-corrected chi connectivity index (χ3v) is 4.09. The number of benzene rings is 1. The lowest BCUT2D eigenvalue weighted by Gasteiger charge is -2.19. The van der Waals surface area contributed by atoms with Crippen molar-refractivity contribution >= 4 is 22.4 Å². The van der Waals surface area contributed by atoms with Gasteiger partial charge in [-0.05, 0) is 30.9 Å². The molecule has 1 amide bonds. The molecule has 1 aromatic heterocycles. The molecule has 2 aromatic rings. The summed E-state index contributed by atoms with van der Waals surface area (Å²) in [5.41, 5.74) is 1.13. The van der Waals surface area contributed by atoms with Gasteiger partial charge in [0.05, 0.1) is 0 Å². The molecule has 0 aliphatic heterocycles. The van der Waals surface area contributed by atoms with Gasteiger partial charge >= 0.3 is 0 Å². The third kappa shape index (κ3) is 4.04. The number of hydrogen-bond donors (Lipinski definition) is 1. The van der Waals surface area contributed by atoms with Crippen LogP contribution in [0.1, 0.15) is 38.7 Å². The largest absolute Gasteiger partial charge is 0.481 e. The molecule has 4 nitrogen and oxygen atoms in total. The monoisotopic (exact) mass is 304 g/mol. The number of rotatable bonds is 6. The molecule has 0 saturated heterocycles. The Kier molecular flexibility index (Phi) is 5.33. The molecule has 0 unspecified atom stereocenters. The minimum Gasteiger partial charge on any atom is -0.481 e. The number of amides is 1. The SMILES string of the molecule is CC[C@H](C)c1ccccc1O[C@H](C)C(=O)Nc1nccs1. The maximum Gasteiger partial charge on any atom is 0.266 e. The Morgan fingerprint density at radius 2 is 2.14 bits per heavy atom. The zero-order valence-corrected chi connectivity index (χ0v) is 13.3. The van der Waals surface area contributed by atoms with E-state index in [1.54, 1.807) is 13.1 Å². The normalized spacial score (nSPS) is 13.5. The van der Waals surface area contributed by atoms with E-state index in [1.165, 1.54) is 11.3 Å². The fraction of sp³-hybridized carbons (Fsp3) is 0.375. The Balaban J connectivity index is 2.05. The van der Waals surface area contributed by atoms with Gasteiger partial charge in [0.25, 0.3) is 5.91 Å². The minimum absolute atomic E-state index is 0.191. The average Bonchev–Trinajstić information content (AvgIpc) is 2.99. The Hall–Kier alpha value is -1.88. The Morgan fingerprint density at radius 3 is 2.81 bits per heavy atom. The zero-order valence-electron chi connectivity index (χ0n) is 12.5. The molecule has 0 radical (unpaired) electrons. The summed E-state index contributed by atoms with van der Waals surface area (Å²) in [6.45, 7) is 6.04. The van der Waals surface area contributed by atoms with Gasteiger partial charge in [0.1, 0.15) is 5.75 Å². The summed E-state index contributed by atoms with van der Waals surface area (Å²) in [5.74, 6) is 0.980. The van der Waals surface area contributed by atoms with Crippen LogP contribution < -0.4 is 10.1 Å².